The quantitative estimate of drug-likeness (QED) is 0.423. The number of anilines is 1. The van der Waals surface area contributed by atoms with Gasteiger partial charge in [-0.05, 0) is 57.4 Å². The van der Waals surface area contributed by atoms with Crippen molar-refractivity contribution in [2.75, 3.05) is 44.7 Å². The fraction of sp³-hybridized carbons (Fsp3) is 0.483. The van der Waals surface area contributed by atoms with Crippen molar-refractivity contribution in [2.45, 2.75) is 51.7 Å². The van der Waals surface area contributed by atoms with E-state index in [-0.39, 0.29) is 24.5 Å². The summed E-state index contributed by atoms with van der Waals surface area (Å²) in [6.45, 7) is 7.94. The molecule has 2 fully saturated rings. The lowest BCUT2D eigenvalue weighted by molar-refractivity contribution is -0.116. The summed E-state index contributed by atoms with van der Waals surface area (Å²) in [4.78, 5) is 52.4. The third-order valence-corrected chi connectivity index (χ3v) is 7.77. The fourth-order valence-corrected chi connectivity index (χ4v) is 5.38. The first kappa shape index (κ1) is 29.7. The normalized spacial score (nSPS) is 16.8. The van der Waals surface area contributed by atoms with Gasteiger partial charge in [0.1, 0.15) is 17.9 Å². The predicted molar refractivity (Wildman–Crippen MR) is 158 cm³/mol. The van der Waals surface area contributed by atoms with Crippen molar-refractivity contribution in [3.8, 4) is 6.01 Å². The van der Waals surface area contributed by atoms with Gasteiger partial charge in [0.2, 0.25) is 5.91 Å². The Morgan fingerprint density at radius 3 is 2.64 bits per heavy atom. The van der Waals surface area contributed by atoms with E-state index in [9.17, 15) is 14.4 Å². The molecule has 0 radical (unpaired) electrons. The summed E-state index contributed by atoms with van der Waals surface area (Å²) < 4.78 is 12.7. The number of nitrogens with one attached hydrogen (secondary N) is 2. The van der Waals surface area contributed by atoms with Gasteiger partial charge < -0.3 is 29.9 Å². The van der Waals surface area contributed by atoms with E-state index in [1.54, 1.807) is 35.2 Å². The number of rotatable bonds is 7. The first-order chi connectivity index (χ1) is 20.3. The van der Waals surface area contributed by atoms with Gasteiger partial charge in [-0.25, -0.2) is 9.78 Å². The van der Waals surface area contributed by atoms with Gasteiger partial charge in [0.25, 0.3) is 5.91 Å². The Hall–Kier alpha value is -3.74. The Kier molecular flexibility index (Phi) is 9.55. The van der Waals surface area contributed by atoms with Gasteiger partial charge >= 0.3 is 12.1 Å². The van der Waals surface area contributed by atoms with Gasteiger partial charge in [0, 0.05) is 51.1 Å². The predicted octanol–water partition coefficient (Wildman–Crippen LogP) is 3.55. The van der Waals surface area contributed by atoms with Crippen molar-refractivity contribution in [1.29, 1.82) is 0 Å². The number of pyridine rings is 1. The van der Waals surface area contributed by atoms with E-state index in [2.05, 4.69) is 39.3 Å². The molecule has 2 aliphatic heterocycles. The van der Waals surface area contributed by atoms with Crippen LogP contribution in [0.15, 0.2) is 36.5 Å². The van der Waals surface area contributed by atoms with Gasteiger partial charge in [-0.3, -0.25) is 14.2 Å². The lowest BCUT2D eigenvalue weighted by Crippen LogP contribution is -2.47. The van der Waals surface area contributed by atoms with Crippen LogP contribution in [0.5, 0.6) is 6.01 Å². The number of halogens is 1. The minimum atomic E-state index is -0.660. The van der Waals surface area contributed by atoms with Gasteiger partial charge in [-0.1, -0.05) is 17.7 Å². The summed E-state index contributed by atoms with van der Waals surface area (Å²) in [6.07, 6.45) is 3.11. The molecule has 0 saturated carbocycles. The van der Waals surface area contributed by atoms with E-state index in [1.165, 1.54) is 10.8 Å². The highest BCUT2D eigenvalue weighted by atomic mass is 35.5. The van der Waals surface area contributed by atoms with E-state index < -0.39 is 12.0 Å². The van der Waals surface area contributed by atoms with Crippen LogP contribution in [0.1, 0.15) is 43.5 Å². The summed E-state index contributed by atoms with van der Waals surface area (Å²) >= 11 is 5.91. The monoisotopic (exact) mass is 597 g/mol. The van der Waals surface area contributed by atoms with E-state index >= 15 is 0 Å². The fourth-order valence-electron chi connectivity index (χ4n) is 5.26. The molecule has 12 nitrogen and oxygen atoms in total. The smallest absolute Gasteiger partial charge is 0.380 e. The minimum Gasteiger partial charge on any atom is -0.380 e. The maximum Gasteiger partial charge on any atom is 0.415 e. The van der Waals surface area contributed by atoms with Crippen LogP contribution < -0.4 is 15.4 Å². The number of nitrogens with zero attached hydrogens (tertiary/aromatic N) is 5. The SMILES string of the molecule is CC(C)N1CCC(NC(=O)Oc2nc3c(C(=O)N4CCCOCC4)cccc3n2CC(=O)Nc2ccc(Cl)cn2)CC1. The number of carbonyl (C=O) groups is 3. The van der Waals surface area contributed by atoms with Crippen molar-refractivity contribution in [3.05, 3.63) is 47.1 Å². The molecule has 0 bridgehead atoms. The zero-order valence-corrected chi connectivity index (χ0v) is 24.6. The number of fused-ring (bicyclic) bond motifs is 1. The number of likely N-dealkylation sites (tertiary alicyclic amines) is 1. The lowest BCUT2D eigenvalue weighted by atomic mass is 10.0. The number of hydrogen-bond acceptors (Lipinski definition) is 8. The first-order valence-corrected chi connectivity index (χ1v) is 14.7. The molecule has 42 heavy (non-hydrogen) atoms. The minimum absolute atomic E-state index is 0.0352. The van der Waals surface area contributed by atoms with E-state index in [4.69, 9.17) is 21.1 Å². The van der Waals surface area contributed by atoms with Crippen LogP contribution in [-0.2, 0) is 16.1 Å². The topological polar surface area (TPSA) is 131 Å². The van der Waals surface area contributed by atoms with Crippen molar-refractivity contribution in [3.63, 3.8) is 0 Å². The first-order valence-electron chi connectivity index (χ1n) is 14.3. The standard InChI is InChI=1S/C29H36ClN7O5/c1-19(2)35-12-9-21(10-13-35)32-29(40)42-28-34-26-22(27(39)36-11-4-15-41-16-14-36)5-3-6-23(26)37(28)18-25(38)33-24-8-7-20(30)17-31-24/h3,5-8,17,19,21H,4,9-16,18H2,1-2H3,(H,32,40)(H,31,33,38). The van der Waals surface area contributed by atoms with Gasteiger partial charge in [0.05, 0.1) is 22.7 Å². The van der Waals surface area contributed by atoms with Crippen LogP contribution in [-0.4, -0.2) is 93.7 Å². The molecule has 3 aromatic rings. The number of amides is 3. The average molecular weight is 598 g/mol. The Morgan fingerprint density at radius 1 is 1.10 bits per heavy atom. The van der Waals surface area contributed by atoms with Crippen molar-refractivity contribution >= 4 is 46.4 Å². The van der Waals surface area contributed by atoms with Gasteiger partial charge in [0.15, 0.2) is 0 Å². The van der Waals surface area contributed by atoms with E-state index in [0.29, 0.717) is 59.8 Å². The second-order valence-corrected chi connectivity index (χ2v) is 11.2. The van der Waals surface area contributed by atoms with Crippen molar-refractivity contribution in [1.82, 2.24) is 29.7 Å². The van der Waals surface area contributed by atoms with Crippen LogP contribution in [0.25, 0.3) is 11.0 Å². The number of imidazole rings is 1. The zero-order valence-electron chi connectivity index (χ0n) is 23.8. The third kappa shape index (κ3) is 7.18. The molecule has 2 N–H and O–H groups in total. The largest absolute Gasteiger partial charge is 0.415 e. The molecule has 3 amide bonds. The molecule has 4 heterocycles. The molecule has 0 spiro atoms. The average Bonchev–Trinajstić information content (AvgIpc) is 3.13. The number of para-hydroxylation sites is 1. The Bertz CT molecular complexity index is 1410. The molecule has 1 aromatic carbocycles. The second kappa shape index (κ2) is 13.5. The highest BCUT2D eigenvalue weighted by molar-refractivity contribution is 6.30. The highest BCUT2D eigenvalue weighted by Gasteiger charge is 2.27. The number of piperidine rings is 1. The van der Waals surface area contributed by atoms with Crippen molar-refractivity contribution < 1.29 is 23.9 Å². The summed E-state index contributed by atoms with van der Waals surface area (Å²) in [6, 6.07) is 8.70. The van der Waals surface area contributed by atoms with E-state index in [0.717, 1.165) is 32.4 Å². The Morgan fingerprint density at radius 2 is 1.90 bits per heavy atom. The summed E-state index contributed by atoms with van der Waals surface area (Å²) in [5.74, 6) is -0.295. The second-order valence-electron chi connectivity index (χ2n) is 10.8. The van der Waals surface area contributed by atoms with Gasteiger partial charge in [-0.2, -0.15) is 4.98 Å². The van der Waals surface area contributed by atoms with Crippen molar-refractivity contribution in [2.24, 2.45) is 0 Å². The number of carbonyl (C=O) groups excluding carboxylic acids is 3. The molecule has 0 atom stereocenters. The van der Waals surface area contributed by atoms with Crippen LogP contribution >= 0.6 is 11.6 Å². The van der Waals surface area contributed by atoms with Crippen LogP contribution in [0.2, 0.25) is 5.02 Å². The lowest BCUT2D eigenvalue weighted by Gasteiger charge is -2.34. The van der Waals surface area contributed by atoms with Crippen LogP contribution in [0.3, 0.4) is 0 Å². The Labute approximate surface area is 249 Å². The van der Waals surface area contributed by atoms with E-state index in [1.807, 2.05) is 0 Å². The number of benzene rings is 1. The molecule has 2 aromatic heterocycles. The molecule has 2 saturated heterocycles. The summed E-state index contributed by atoms with van der Waals surface area (Å²) in [5, 5.41) is 6.10. The van der Waals surface area contributed by atoms with Gasteiger partial charge in [-0.15, -0.1) is 0 Å². The molecule has 13 heteroatoms. The molecular weight excluding hydrogens is 562 g/mol. The molecule has 2 aliphatic rings. The Balaban J connectivity index is 1.39. The maximum absolute atomic E-state index is 13.5. The third-order valence-electron chi connectivity index (χ3n) is 7.55. The molecule has 224 valence electrons. The maximum atomic E-state index is 13.5. The molecular formula is C29H36ClN7O5. The van der Waals surface area contributed by atoms with Crippen LogP contribution in [0, 0.1) is 0 Å². The number of ether oxygens (including phenoxy) is 2. The molecule has 0 unspecified atom stereocenters. The van der Waals surface area contributed by atoms with Crippen LogP contribution in [0.4, 0.5) is 10.6 Å². The highest BCUT2D eigenvalue weighted by Crippen LogP contribution is 2.26. The summed E-state index contributed by atoms with van der Waals surface area (Å²) in [5.41, 5.74) is 1.19. The molecule has 5 rings (SSSR count). The zero-order chi connectivity index (χ0) is 29.6. The summed E-state index contributed by atoms with van der Waals surface area (Å²) in [7, 11) is 0. The number of aromatic nitrogens is 3. The number of hydrogen-bond donors (Lipinski definition) is 2. The molecule has 0 aliphatic carbocycles.